The maximum Gasteiger partial charge on any atom is 0.0408 e. The van der Waals surface area contributed by atoms with E-state index in [2.05, 4.69) is 24.0 Å². The number of likely N-dealkylation sites (tertiary alicyclic amines) is 1. The van der Waals surface area contributed by atoms with Gasteiger partial charge < -0.3 is 10.6 Å². The van der Waals surface area contributed by atoms with Crippen LogP contribution in [0.15, 0.2) is 24.3 Å². The van der Waals surface area contributed by atoms with E-state index in [9.17, 15) is 0 Å². The van der Waals surface area contributed by atoms with Crippen LogP contribution >= 0.6 is 11.6 Å². The molecule has 2 N–H and O–H groups in total. The Bertz CT molecular complexity index is 366. The second-order valence-electron chi connectivity index (χ2n) is 5.38. The summed E-state index contributed by atoms with van der Waals surface area (Å²) in [4.78, 5) is 2.50. The highest BCUT2D eigenvalue weighted by atomic mass is 35.5. The van der Waals surface area contributed by atoms with Gasteiger partial charge in [-0.1, -0.05) is 23.7 Å². The molecular weight excluding hydrogens is 232 g/mol. The number of hydrogen-bond donors (Lipinski definition) is 1. The van der Waals surface area contributed by atoms with Crippen LogP contribution in [-0.4, -0.2) is 30.1 Å². The number of rotatable bonds is 3. The summed E-state index contributed by atoms with van der Waals surface area (Å²) >= 11 is 5.97. The number of piperidine rings is 1. The lowest BCUT2D eigenvalue weighted by atomic mass is 9.91. The van der Waals surface area contributed by atoms with E-state index in [0.29, 0.717) is 0 Å². The third kappa shape index (κ3) is 3.98. The average Bonchev–Trinajstić information content (AvgIpc) is 2.28. The van der Waals surface area contributed by atoms with Crippen molar-refractivity contribution in [3.05, 3.63) is 34.9 Å². The summed E-state index contributed by atoms with van der Waals surface area (Å²) in [5.74, 6) is 0. The molecule has 1 aliphatic heterocycles. The fourth-order valence-corrected chi connectivity index (χ4v) is 2.48. The van der Waals surface area contributed by atoms with Crippen molar-refractivity contribution < 1.29 is 0 Å². The molecule has 1 aromatic rings. The molecule has 1 aliphatic rings. The van der Waals surface area contributed by atoms with Crippen LogP contribution in [0.4, 0.5) is 0 Å². The topological polar surface area (TPSA) is 29.3 Å². The maximum atomic E-state index is 6.12. The Morgan fingerprint density at radius 3 is 2.71 bits per heavy atom. The van der Waals surface area contributed by atoms with Crippen molar-refractivity contribution in [2.24, 2.45) is 5.73 Å². The lowest BCUT2D eigenvalue weighted by Crippen LogP contribution is -2.48. The average molecular weight is 253 g/mol. The Hall–Kier alpha value is -0.570. The molecule has 0 bridgehead atoms. The minimum Gasteiger partial charge on any atom is -0.325 e. The van der Waals surface area contributed by atoms with E-state index in [1.165, 1.54) is 5.56 Å². The second kappa shape index (κ2) is 5.38. The van der Waals surface area contributed by atoms with Gasteiger partial charge in [0.2, 0.25) is 0 Å². The van der Waals surface area contributed by atoms with Crippen molar-refractivity contribution in [3.63, 3.8) is 0 Å². The monoisotopic (exact) mass is 252 g/mol. The summed E-state index contributed by atoms with van der Waals surface area (Å²) in [6.07, 6.45) is 3.27. The summed E-state index contributed by atoms with van der Waals surface area (Å²) in [6, 6.07) is 8.14. The lowest BCUT2D eigenvalue weighted by molar-refractivity contribution is 0.173. The van der Waals surface area contributed by atoms with Crippen molar-refractivity contribution in [3.8, 4) is 0 Å². The second-order valence-corrected chi connectivity index (χ2v) is 5.81. The summed E-state index contributed by atoms with van der Waals surface area (Å²) in [7, 11) is 0. The van der Waals surface area contributed by atoms with Crippen LogP contribution in [0.5, 0.6) is 0 Å². The third-order valence-electron chi connectivity index (χ3n) is 3.60. The van der Waals surface area contributed by atoms with E-state index in [1.54, 1.807) is 0 Å². The zero-order valence-electron chi connectivity index (χ0n) is 10.5. The molecule has 1 aromatic carbocycles. The number of nitrogens with zero attached hydrogens (tertiary/aromatic N) is 1. The molecule has 0 unspecified atom stereocenters. The fourth-order valence-electron chi connectivity index (χ4n) is 2.27. The van der Waals surface area contributed by atoms with Crippen molar-refractivity contribution in [1.82, 2.24) is 4.90 Å². The molecule has 1 heterocycles. The highest BCUT2D eigenvalue weighted by Crippen LogP contribution is 2.19. The lowest BCUT2D eigenvalue weighted by Gasteiger charge is -2.36. The highest BCUT2D eigenvalue weighted by Gasteiger charge is 2.25. The van der Waals surface area contributed by atoms with Gasteiger partial charge in [-0.3, -0.25) is 0 Å². The smallest absolute Gasteiger partial charge is 0.0408 e. The van der Waals surface area contributed by atoms with Gasteiger partial charge in [0, 0.05) is 17.1 Å². The molecule has 17 heavy (non-hydrogen) atoms. The van der Waals surface area contributed by atoms with Crippen LogP contribution in [-0.2, 0) is 6.42 Å². The van der Waals surface area contributed by atoms with Gasteiger partial charge in [-0.05, 0) is 57.0 Å². The van der Waals surface area contributed by atoms with Gasteiger partial charge in [0.15, 0.2) is 0 Å². The molecule has 0 saturated carbocycles. The molecule has 0 atom stereocenters. The van der Waals surface area contributed by atoms with Gasteiger partial charge in [-0.25, -0.2) is 0 Å². The highest BCUT2D eigenvalue weighted by molar-refractivity contribution is 6.30. The number of nitrogens with two attached hydrogens (primary N) is 1. The van der Waals surface area contributed by atoms with Gasteiger partial charge in [-0.2, -0.15) is 0 Å². The molecule has 0 aromatic heterocycles. The van der Waals surface area contributed by atoms with E-state index in [4.69, 9.17) is 17.3 Å². The predicted octanol–water partition coefficient (Wildman–Crippen LogP) is 2.70. The van der Waals surface area contributed by atoms with Crippen molar-refractivity contribution in [2.75, 3.05) is 19.6 Å². The Kier molecular flexibility index (Phi) is 4.08. The van der Waals surface area contributed by atoms with Crippen LogP contribution in [0, 0.1) is 0 Å². The Morgan fingerprint density at radius 2 is 2.06 bits per heavy atom. The van der Waals surface area contributed by atoms with Crippen LogP contribution in [0.2, 0.25) is 5.02 Å². The molecule has 94 valence electrons. The zero-order valence-corrected chi connectivity index (χ0v) is 11.2. The van der Waals surface area contributed by atoms with Crippen LogP contribution in [0.3, 0.4) is 0 Å². The van der Waals surface area contributed by atoms with E-state index in [0.717, 1.165) is 43.9 Å². The standard InChI is InChI=1S/C14H21ClN2/c1-14(16)6-9-17(10-7-14)8-5-12-3-2-4-13(15)11-12/h2-4,11H,5-10,16H2,1H3. The van der Waals surface area contributed by atoms with E-state index >= 15 is 0 Å². The van der Waals surface area contributed by atoms with Gasteiger partial charge in [0.05, 0.1) is 0 Å². The first kappa shape index (κ1) is 12.9. The van der Waals surface area contributed by atoms with Gasteiger partial charge in [-0.15, -0.1) is 0 Å². The van der Waals surface area contributed by atoms with Crippen LogP contribution < -0.4 is 5.73 Å². The Morgan fingerprint density at radius 1 is 1.35 bits per heavy atom. The Balaban J connectivity index is 1.80. The van der Waals surface area contributed by atoms with E-state index in [1.807, 2.05) is 12.1 Å². The fraction of sp³-hybridized carbons (Fsp3) is 0.571. The van der Waals surface area contributed by atoms with Crippen molar-refractivity contribution in [1.29, 1.82) is 0 Å². The van der Waals surface area contributed by atoms with E-state index < -0.39 is 0 Å². The maximum absolute atomic E-state index is 6.12. The Labute approximate surface area is 109 Å². The largest absolute Gasteiger partial charge is 0.325 e. The van der Waals surface area contributed by atoms with Gasteiger partial charge in [0.1, 0.15) is 0 Å². The van der Waals surface area contributed by atoms with Crippen LogP contribution in [0.1, 0.15) is 25.3 Å². The minimum atomic E-state index is 0.0482. The number of hydrogen-bond acceptors (Lipinski definition) is 2. The molecule has 3 heteroatoms. The normalized spacial score (nSPS) is 20.4. The first-order valence-electron chi connectivity index (χ1n) is 6.31. The number of halogens is 1. The summed E-state index contributed by atoms with van der Waals surface area (Å²) in [5, 5.41) is 0.829. The van der Waals surface area contributed by atoms with Crippen molar-refractivity contribution >= 4 is 11.6 Å². The van der Waals surface area contributed by atoms with E-state index in [-0.39, 0.29) is 5.54 Å². The van der Waals surface area contributed by atoms with Gasteiger partial charge in [0.25, 0.3) is 0 Å². The van der Waals surface area contributed by atoms with Gasteiger partial charge >= 0.3 is 0 Å². The predicted molar refractivity (Wildman–Crippen MR) is 73.4 cm³/mol. The molecule has 1 saturated heterocycles. The quantitative estimate of drug-likeness (QED) is 0.896. The minimum absolute atomic E-state index is 0.0482. The summed E-state index contributed by atoms with van der Waals surface area (Å²) < 4.78 is 0. The molecule has 1 fully saturated rings. The summed E-state index contributed by atoms with van der Waals surface area (Å²) in [6.45, 7) is 5.50. The molecule has 0 aliphatic carbocycles. The molecule has 0 spiro atoms. The molecule has 2 rings (SSSR count). The summed E-state index contributed by atoms with van der Waals surface area (Å²) in [5.41, 5.74) is 7.49. The van der Waals surface area contributed by atoms with Crippen molar-refractivity contribution in [2.45, 2.75) is 31.7 Å². The van der Waals surface area contributed by atoms with Crippen LogP contribution in [0.25, 0.3) is 0 Å². The third-order valence-corrected chi connectivity index (χ3v) is 3.84. The molecule has 0 amide bonds. The number of benzene rings is 1. The zero-order chi connectivity index (χ0) is 12.3. The SMILES string of the molecule is CC1(N)CCN(CCc2cccc(Cl)c2)CC1. The first-order chi connectivity index (χ1) is 8.05. The first-order valence-corrected chi connectivity index (χ1v) is 6.69. The molecule has 2 nitrogen and oxygen atoms in total. The molecule has 0 radical (unpaired) electrons. The molecular formula is C14H21ClN2.